The van der Waals surface area contributed by atoms with Crippen molar-refractivity contribution in [2.45, 2.75) is 45.5 Å². The smallest absolute Gasteiger partial charge is 0.329 e. The van der Waals surface area contributed by atoms with Crippen molar-refractivity contribution in [3.8, 4) is 0 Å². The minimum absolute atomic E-state index is 0.0961. The number of rotatable bonds is 5. The highest BCUT2D eigenvalue weighted by Gasteiger charge is 2.39. The van der Waals surface area contributed by atoms with Gasteiger partial charge >= 0.3 is 5.97 Å². The maximum Gasteiger partial charge on any atom is 0.329 e. The van der Waals surface area contributed by atoms with E-state index in [1.807, 2.05) is 68.4 Å². The normalized spacial score (nSPS) is 17.3. The van der Waals surface area contributed by atoms with Crippen molar-refractivity contribution >= 4 is 11.9 Å². The molecule has 1 aliphatic rings. The third-order valence-electron chi connectivity index (χ3n) is 5.15. The Labute approximate surface area is 160 Å². The topological polar surface area (TPSA) is 74.3 Å². The number of nitrogens with zero attached hydrogens (tertiary/aromatic N) is 1. The van der Waals surface area contributed by atoms with Gasteiger partial charge in [-0.15, -0.1) is 0 Å². The molecule has 0 saturated heterocycles. The van der Waals surface area contributed by atoms with Crippen LogP contribution in [0.2, 0.25) is 0 Å². The lowest BCUT2D eigenvalue weighted by Gasteiger charge is -2.36. The van der Waals surface area contributed by atoms with Crippen LogP contribution in [0.1, 0.15) is 30.5 Å². The number of fused-ring (bicyclic) bond motifs is 1. The summed E-state index contributed by atoms with van der Waals surface area (Å²) < 4.78 is 5.55. The van der Waals surface area contributed by atoms with Gasteiger partial charge in [0.2, 0.25) is 0 Å². The minimum Gasteiger partial charge on any atom is -0.459 e. The second kappa shape index (κ2) is 8.35. The highest BCUT2D eigenvalue weighted by atomic mass is 16.5. The molecule has 27 heavy (non-hydrogen) atoms. The molecule has 3 rings (SSSR count). The fourth-order valence-electron chi connectivity index (χ4n) is 3.29. The molecule has 142 valence electrons. The molecule has 2 aromatic rings. The fraction of sp³-hybridized carbons (Fsp3) is 0.364. The van der Waals surface area contributed by atoms with Gasteiger partial charge in [0.15, 0.2) is 6.04 Å². The van der Waals surface area contributed by atoms with E-state index < -0.39 is 6.04 Å². The van der Waals surface area contributed by atoms with E-state index in [-0.39, 0.29) is 30.4 Å². The van der Waals surface area contributed by atoms with Gasteiger partial charge in [-0.25, -0.2) is 4.79 Å². The van der Waals surface area contributed by atoms with Crippen LogP contribution in [0.4, 0.5) is 0 Å². The molecule has 0 saturated carbocycles. The number of hydrogen-bond acceptors (Lipinski definition) is 3. The van der Waals surface area contributed by atoms with Gasteiger partial charge in [0.25, 0.3) is 5.91 Å². The number of amides is 1. The van der Waals surface area contributed by atoms with Gasteiger partial charge in [-0.05, 0) is 16.7 Å². The molecule has 0 radical (unpaired) electrons. The number of hydrogen-bond donors (Lipinski definition) is 1. The first-order chi connectivity index (χ1) is 13.0. The summed E-state index contributed by atoms with van der Waals surface area (Å²) in [5.74, 6) is -0.352. The first kappa shape index (κ1) is 19.1. The Morgan fingerprint density at radius 3 is 2.37 bits per heavy atom. The largest absolute Gasteiger partial charge is 0.459 e. The van der Waals surface area contributed by atoms with E-state index in [2.05, 4.69) is 5.73 Å². The molecule has 0 aromatic heterocycles. The number of benzene rings is 2. The van der Waals surface area contributed by atoms with Crippen molar-refractivity contribution in [3.63, 3.8) is 0 Å². The van der Waals surface area contributed by atoms with Crippen molar-refractivity contribution in [1.29, 1.82) is 0 Å². The summed E-state index contributed by atoms with van der Waals surface area (Å²) in [6.07, 6.45) is 0.473. The van der Waals surface area contributed by atoms with Gasteiger partial charge in [0.05, 0.1) is 0 Å². The predicted molar refractivity (Wildman–Crippen MR) is 102 cm³/mol. The van der Waals surface area contributed by atoms with E-state index in [1.165, 1.54) is 0 Å². The summed E-state index contributed by atoms with van der Waals surface area (Å²) in [5.41, 5.74) is 7.11. The van der Waals surface area contributed by atoms with Crippen LogP contribution in [0.5, 0.6) is 0 Å². The Morgan fingerprint density at radius 2 is 1.70 bits per heavy atom. The van der Waals surface area contributed by atoms with Crippen LogP contribution in [0.25, 0.3) is 0 Å². The van der Waals surface area contributed by atoms with E-state index in [9.17, 15) is 9.59 Å². The third kappa shape index (κ3) is 4.37. The van der Waals surface area contributed by atoms with E-state index in [1.54, 1.807) is 4.90 Å². The summed E-state index contributed by atoms with van der Waals surface area (Å²) in [7, 11) is 0. The Bertz CT molecular complexity index is 804. The second-order valence-corrected chi connectivity index (χ2v) is 7.40. The van der Waals surface area contributed by atoms with E-state index in [0.717, 1.165) is 16.7 Å². The van der Waals surface area contributed by atoms with Crippen molar-refractivity contribution in [2.24, 2.45) is 5.92 Å². The zero-order valence-corrected chi connectivity index (χ0v) is 15.9. The SMILES string of the molecule is CC(C)[C@H]([NH3+])C(=O)N1Cc2ccccc2C[C@H]1C(=O)OCc1ccccc1. The number of esters is 1. The molecule has 0 bridgehead atoms. The van der Waals surface area contributed by atoms with Crippen molar-refractivity contribution in [2.75, 3.05) is 0 Å². The van der Waals surface area contributed by atoms with Crippen LogP contribution in [0, 0.1) is 5.92 Å². The third-order valence-corrected chi connectivity index (χ3v) is 5.15. The first-order valence-corrected chi connectivity index (χ1v) is 9.38. The van der Waals surface area contributed by atoms with Crippen LogP contribution in [-0.2, 0) is 33.9 Å². The average molecular weight is 367 g/mol. The lowest BCUT2D eigenvalue weighted by Crippen LogP contribution is -2.71. The first-order valence-electron chi connectivity index (χ1n) is 9.38. The molecule has 1 heterocycles. The summed E-state index contributed by atoms with van der Waals surface area (Å²) in [6, 6.07) is 16.5. The predicted octanol–water partition coefficient (Wildman–Crippen LogP) is 1.95. The minimum atomic E-state index is -0.612. The molecular formula is C22H27N2O3+. The molecule has 0 aliphatic carbocycles. The zero-order valence-electron chi connectivity index (χ0n) is 15.9. The second-order valence-electron chi connectivity index (χ2n) is 7.40. The Balaban J connectivity index is 1.80. The van der Waals surface area contributed by atoms with Crippen LogP contribution in [0.3, 0.4) is 0 Å². The molecule has 5 nitrogen and oxygen atoms in total. The monoisotopic (exact) mass is 367 g/mol. The van der Waals surface area contributed by atoms with Gasteiger partial charge in [0.1, 0.15) is 12.6 Å². The molecule has 2 aromatic carbocycles. The molecule has 0 spiro atoms. The lowest BCUT2D eigenvalue weighted by molar-refractivity contribution is -0.416. The summed E-state index contributed by atoms with van der Waals surface area (Å²) >= 11 is 0. The zero-order chi connectivity index (χ0) is 19.4. The van der Waals surface area contributed by atoms with E-state index >= 15 is 0 Å². The molecule has 2 atom stereocenters. The molecular weight excluding hydrogens is 340 g/mol. The lowest BCUT2D eigenvalue weighted by atomic mass is 9.92. The maximum atomic E-state index is 13.0. The number of carbonyl (C=O) groups excluding carboxylic acids is 2. The van der Waals surface area contributed by atoms with Crippen LogP contribution >= 0.6 is 0 Å². The highest BCUT2D eigenvalue weighted by molar-refractivity contribution is 5.87. The van der Waals surface area contributed by atoms with Crippen LogP contribution in [-0.4, -0.2) is 28.9 Å². The highest BCUT2D eigenvalue weighted by Crippen LogP contribution is 2.25. The van der Waals surface area contributed by atoms with E-state index in [0.29, 0.717) is 13.0 Å². The number of carbonyl (C=O) groups is 2. The molecule has 1 aliphatic heterocycles. The molecule has 1 amide bonds. The van der Waals surface area contributed by atoms with Gasteiger partial charge in [-0.2, -0.15) is 0 Å². The molecule has 5 heteroatoms. The van der Waals surface area contributed by atoms with Crippen molar-refractivity contribution < 1.29 is 20.1 Å². The molecule has 3 N–H and O–H groups in total. The Morgan fingerprint density at radius 1 is 1.07 bits per heavy atom. The quantitative estimate of drug-likeness (QED) is 0.821. The van der Waals surface area contributed by atoms with Gasteiger partial charge in [-0.1, -0.05) is 68.4 Å². The van der Waals surface area contributed by atoms with Gasteiger partial charge in [-0.3, -0.25) is 4.79 Å². The van der Waals surface area contributed by atoms with E-state index in [4.69, 9.17) is 4.74 Å². The van der Waals surface area contributed by atoms with Crippen molar-refractivity contribution in [1.82, 2.24) is 4.90 Å². The number of quaternary nitrogens is 1. The Hall–Kier alpha value is -2.66. The van der Waals surface area contributed by atoms with Crippen LogP contribution < -0.4 is 5.73 Å². The summed E-state index contributed by atoms with van der Waals surface area (Å²) in [4.78, 5) is 27.5. The standard InChI is InChI=1S/C22H26N2O3/c1-15(2)20(23)21(25)24-13-18-11-7-6-10-17(18)12-19(24)22(26)27-14-16-8-4-3-5-9-16/h3-11,15,19-20H,12-14,23H2,1-2H3/p+1/t19-,20-/m0/s1. The number of ether oxygens (including phenoxy) is 1. The molecule has 0 unspecified atom stereocenters. The van der Waals surface area contributed by atoms with Crippen LogP contribution in [0.15, 0.2) is 54.6 Å². The fourth-order valence-corrected chi connectivity index (χ4v) is 3.29. The maximum absolute atomic E-state index is 13.0. The summed E-state index contributed by atoms with van der Waals surface area (Å²) in [5, 5.41) is 0. The summed E-state index contributed by atoms with van der Waals surface area (Å²) in [6.45, 7) is 4.56. The van der Waals surface area contributed by atoms with Gasteiger partial charge < -0.3 is 15.4 Å². The van der Waals surface area contributed by atoms with Gasteiger partial charge in [0, 0.05) is 18.9 Å². The molecule has 0 fully saturated rings. The Kier molecular flexibility index (Phi) is 5.91. The van der Waals surface area contributed by atoms with Crippen molar-refractivity contribution in [3.05, 3.63) is 71.3 Å². The average Bonchev–Trinajstić information content (AvgIpc) is 2.70.